The van der Waals surface area contributed by atoms with Crippen molar-refractivity contribution in [3.63, 3.8) is 0 Å². The van der Waals surface area contributed by atoms with E-state index in [4.69, 9.17) is 13.9 Å². The number of esters is 1. The van der Waals surface area contributed by atoms with Gasteiger partial charge in [-0.15, -0.1) is 0 Å². The monoisotopic (exact) mass is 331 g/mol. The topological polar surface area (TPSA) is 77.8 Å². The lowest BCUT2D eigenvalue weighted by Gasteiger charge is -2.12. The van der Waals surface area contributed by atoms with Crippen molar-refractivity contribution in [1.82, 2.24) is 5.32 Å². The van der Waals surface area contributed by atoms with Gasteiger partial charge in [-0.2, -0.15) is 0 Å². The van der Waals surface area contributed by atoms with E-state index in [1.54, 1.807) is 6.07 Å². The molecule has 1 aromatic carbocycles. The lowest BCUT2D eigenvalue weighted by molar-refractivity contribution is -0.129. The summed E-state index contributed by atoms with van der Waals surface area (Å²) in [5, 5.41) is 2.67. The molecule has 0 saturated carbocycles. The van der Waals surface area contributed by atoms with Crippen LogP contribution in [0.5, 0.6) is 5.75 Å². The summed E-state index contributed by atoms with van der Waals surface area (Å²) in [6.45, 7) is 4.20. The highest BCUT2D eigenvalue weighted by Gasteiger charge is 2.20. The van der Waals surface area contributed by atoms with E-state index in [1.807, 2.05) is 37.3 Å². The fourth-order valence-corrected chi connectivity index (χ4v) is 1.90. The van der Waals surface area contributed by atoms with Gasteiger partial charge in [0.05, 0.1) is 0 Å². The Hall–Kier alpha value is -2.76. The van der Waals surface area contributed by atoms with Gasteiger partial charge >= 0.3 is 5.97 Å². The number of carbonyl (C=O) groups excluding carboxylic acids is 2. The van der Waals surface area contributed by atoms with Crippen LogP contribution in [-0.2, 0) is 16.1 Å². The van der Waals surface area contributed by atoms with Gasteiger partial charge in [-0.05, 0) is 37.6 Å². The van der Waals surface area contributed by atoms with Gasteiger partial charge in [0.15, 0.2) is 6.10 Å². The molecule has 0 fully saturated rings. The molecule has 24 heavy (non-hydrogen) atoms. The number of nitrogens with one attached hydrogen (secondary N) is 1. The minimum absolute atomic E-state index is 0.0387. The highest BCUT2D eigenvalue weighted by molar-refractivity contribution is 5.90. The molecule has 0 aliphatic carbocycles. The van der Waals surface area contributed by atoms with Crippen LogP contribution in [0.15, 0.2) is 46.9 Å². The van der Waals surface area contributed by atoms with Gasteiger partial charge < -0.3 is 19.2 Å². The summed E-state index contributed by atoms with van der Waals surface area (Å²) in [5.74, 6) is 0.231. The van der Waals surface area contributed by atoms with E-state index in [1.165, 1.54) is 13.0 Å². The molecule has 0 aliphatic rings. The molecule has 1 aromatic heterocycles. The molecule has 0 aliphatic heterocycles. The largest absolute Gasteiger partial charge is 0.486 e. The molecule has 0 spiro atoms. The van der Waals surface area contributed by atoms with Crippen molar-refractivity contribution >= 4 is 11.9 Å². The van der Waals surface area contributed by atoms with E-state index >= 15 is 0 Å². The molecular formula is C18H21NO5. The van der Waals surface area contributed by atoms with Crippen molar-refractivity contribution in [2.24, 2.45) is 0 Å². The summed E-state index contributed by atoms with van der Waals surface area (Å²) in [5.41, 5.74) is 0. The molecule has 1 atom stereocenters. The predicted octanol–water partition coefficient (Wildman–Crippen LogP) is 2.93. The number of para-hydroxylation sites is 1. The highest BCUT2D eigenvalue weighted by Crippen LogP contribution is 2.15. The number of hydrogen-bond acceptors (Lipinski definition) is 5. The van der Waals surface area contributed by atoms with E-state index in [-0.39, 0.29) is 18.3 Å². The number of ether oxygens (including phenoxy) is 2. The zero-order valence-corrected chi connectivity index (χ0v) is 13.8. The smallest absolute Gasteiger partial charge is 0.375 e. The molecule has 1 N–H and O–H groups in total. The number of carbonyl (C=O) groups is 2. The second-order valence-electron chi connectivity index (χ2n) is 5.21. The van der Waals surface area contributed by atoms with Gasteiger partial charge in [-0.25, -0.2) is 4.79 Å². The van der Waals surface area contributed by atoms with E-state index in [0.717, 1.165) is 6.42 Å². The standard InChI is InChI=1S/C18H21NO5/c1-3-11-19-17(20)13(2)23-18(21)16-10-9-15(24-16)12-22-14-7-5-4-6-8-14/h4-10,13H,3,11-12H2,1-2H3,(H,19,20). The summed E-state index contributed by atoms with van der Waals surface area (Å²) in [7, 11) is 0. The van der Waals surface area contributed by atoms with Crippen molar-refractivity contribution in [3.8, 4) is 5.75 Å². The Morgan fingerprint density at radius 3 is 2.62 bits per heavy atom. The van der Waals surface area contributed by atoms with E-state index < -0.39 is 12.1 Å². The normalized spacial score (nSPS) is 11.6. The predicted molar refractivity (Wildman–Crippen MR) is 87.7 cm³/mol. The van der Waals surface area contributed by atoms with Gasteiger partial charge in [0, 0.05) is 6.54 Å². The SMILES string of the molecule is CCCNC(=O)C(C)OC(=O)c1ccc(COc2ccccc2)o1. The molecule has 1 heterocycles. The fraction of sp³-hybridized carbons (Fsp3) is 0.333. The summed E-state index contributed by atoms with van der Waals surface area (Å²) >= 11 is 0. The van der Waals surface area contributed by atoms with Crippen LogP contribution in [0.1, 0.15) is 36.6 Å². The molecule has 1 amide bonds. The first-order chi connectivity index (χ1) is 11.6. The quantitative estimate of drug-likeness (QED) is 0.753. The molecular weight excluding hydrogens is 310 g/mol. The Balaban J connectivity index is 1.85. The lowest BCUT2D eigenvalue weighted by Crippen LogP contribution is -2.36. The van der Waals surface area contributed by atoms with Gasteiger partial charge in [0.1, 0.15) is 18.1 Å². The van der Waals surface area contributed by atoms with Crippen molar-refractivity contribution in [2.75, 3.05) is 6.54 Å². The van der Waals surface area contributed by atoms with Crippen LogP contribution in [-0.4, -0.2) is 24.5 Å². The maximum Gasteiger partial charge on any atom is 0.375 e. The Morgan fingerprint density at radius 2 is 1.92 bits per heavy atom. The molecule has 1 unspecified atom stereocenters. The van der Waals surface area contributed by atoms with Crippen LogP contribution in [0.3, 0.4) is 0 Å². The minimum atomic E-state index is -0.877. The average molecular weight is 331 g/mol. The van der Waals surface area contributed by atoms with Gasteiger partial charge in [-0.3, -0.25) is 4.79 Å². The Bertz CT molecular complexity index is 665. The highest BCUT2D eigenvalue weighted by atomic mass is 16.6. The first kappa shape index (κ1) is 17.6. The Morgan fingerprint density at radius 1 is 1.17 bits per heavy atom. The molecule has 2 rings (SSSR count). The van der Waals surface area contributed by atoms with E-state index in [9.17, 15) is 9.59 Å². The zero-order valence-electron chi connectivity index (χ0n) is 13.8. The molecule has 2 aromatic rings. The van der Waals surface area contributed by atoms with Gasteiger partial charge in [0.25, 0.3) is 5.91 Å². The van der Waals surface area contributed by atoms with Crippen LogP contribution in [0, 0.1) is 0 Å². The number of amides is 1. The summed E-state index contributed by atoms with van der Waals surface area (Å²) in [6, 6.07) is 12.4. The van der Waals surface area contributed by atoms with Gasteiger partial charge in [-0.1, -0.05) is 25.1 Å². The van der Waals surface area contributed by atoms with Gasteiger partial charge in [0.2, 0.25) is 5.76 Å². The van der Waals surface area contributed by atoms with Crippen molar-refractivity contribution in [2.45, 2.75) is 33.0 Å². The summed E-state index contributed by atoms with van der Waals surface area (Å²) in [6.07, 6.45) is -0.0618. The van der Waals surface area contributed by atoms with Crippen LogP contribution in [0.4, 0.5) is 0 Å². The summed E-state index contributed by atoms with van der Waals surface area (Å²) in [4.78, 5) is 23.7. The van der Waals surface area contributed by atoms with Crippen molar-refractivity contribution in [3.05, 3.63) is 54.0 Å². The lowest BCUT2D eigenvalue weighted by atomic mass is 10.3. The Kier molecular flexibility index (Phi) is 6.42. The van der Waals surface area contributed by atoms with Crippen LogP contribution in [0.25, 0.3) is 0 Å². The fourth-order valence-electron chi connectivity index (χ4n) is 1.90. The van der Waals surface area contributed by atoms with Crippen molar-refractivity contribution in [1.29, 1.82) is 0 Å². The number of furan rings is 1. The maximum atomic E-state index is 12.0. The van der Waals surface area contributed by atoms with Crippen LogP contribution >= 0.6 is 0 Å². The third-order valence-corrected chi connectivity index (χ3v) is 3.19. The van der Waals surface area contributed by atoms with Crippen LogP contribution in [0.2, 0.25) is 0 Å². The minimum Gasteiger partial charge on any atom is -0.486 e. The molecule has 0 radical (unpaired) electrons. The van der Waals surface area contributed by atoms with E-state index in [2.05, 4.69) is 5.32 Å². The Labute approximate surface area is 140 Å². The number of benzene rings is 1. The second-order valence-corrected chi connectivity index (χ2v) is 5.21. The first-order valence-electron chi connectivity index (χ1n) is 7.85. The van der Waals surface area contributed by atoms with E-state index in [0.29, 0.717) is 18.1 Å². The average Bonchev–Trinajstić information content (AvgIpc) is 3.07. The molecule has 6 nitrogen and oxygen atoms in total. The molecule has 0 bridgehead atoms. The number of rotatable bonds is 8. The zero-order chi connectivity index (χ0) is 17.4. The van der Waals surface area contributed by atoms with Crippen molar-refractivity contribution < 1.29 is 23.5 Å². The molecule has 0 saturated heterocycles. The second kappa shape index (κ2) is 8.76. The third-order valence-electron chi connectivity index (χ3n) is 3.19. The first-order valence-corrected chi connectivity index (χ1v) is 7.85. The van der Waals surface area contributed by atoms with Crippen LogP contribution < -0.4 is 10.1 Å². The third kappa shape index (κ3) is 5.15. The summed E-state index contributed by atoms with van der Waals surface area (Å²) < 4.78 is 16.0. The number of hydrogen-bond donors (Lipinski definition) is 1. The molecule has 6 heteroatoms. The maximum absolute atomic E-state index is 12.0. The molecule has 128 valence electrons.